The third-order valence-corrected chi connectivity index (χ3v) is 3.59. The van der Waals surface area contributed by atoms with Gasteiger partial charge in [0.2, 0.25) is 0 Å². The van der Waals surface area contributed by atoms with Gasteiger partial charge in [-0.15, -0.1) is 0 Å². The van der Waals surface area contributed by atoms with Crippen LogP contribution in [0.4, 0.5) is 0 Å². The summed E-state index contributed by atoms with van der Waals surface area (Å²) in [4.78, 5) is 0. The highest BCUT2D eigenvalue weighted by Crippen LogP contribution is 2.35. The molecule has 2 rings (SSSR count). The highest BCUT2D eigenvalue weighted by molar-refractivity contribution is 5.44. The number of nitrogens with one attached hydrogen (secondary N) is 1. The van der Waals surface area contributed by atoms with Gasteiger partial charge >= 0.3 is 0 Å². The number of ether oxygens (including phenoxy) is 2. The molecule has 1 aromatic rings. The fourth-order valence-electron chi connectivity index (χ4n) is 2.23. The molecule has 4 heteroatoms. The van der Waals surface area contributed by atoms with E-state index in [9.17, 15) is 5.11 Å². The number of aromatic hydroxyl groups is 1. The van der Waals surface area contributed by atoms with Crippen molar-refractivity contribution in [1.29, 1.82) is 0 Å². The quantitative estimate of drug-likeness (QED) is 0.829. The third kappa shape index (κ3) is 3.61. The average molecular weight is 265 g/mol. The van der Waals surface area contributed by atoms with Gasteiger partial charge in [-0.3, -0.25) is 0 Å². The van der Waals surface area contributed by atoms with Crippen LogP contribution in [0.1, 0.15) is 31.9 Å². The fourth-order valence-corrected chi connectivity index (χ4v) is 2.23. The van der Waals surface area contributed by atoms with Gasteiger partial charge < -0.3 is 19.9 Å². The first-order valence-electron chi connectivity index (χ1n) is 6.70. The van der Waals surface area contributed by atoms with Crippen LogP contribution in [0.5, 0.6) is 11.5 Å². The van der Waals surface area contributed by atoms with Crippen molar-refractivity contribution in [2.24, 2.45) is 5.41 Å². The van der Waals surface area contributed by atoms with Crippen LogP contribution >= 0.6 is 0 Å². The molecule has 1 aliphatic rings. The summed E-state index contributed by atoms with van der Waals surface area (Å²) in [7, 11) is 1.73. The molecular formula is C15H23NO3. The van der Waals surface area contributed by atoms with E-state index in [-0.39, 0.29) is 17.2 Å². The van der Waals surface area contributed by atoms with Crippen molar-refractivity contribution in [2.45, 2.75) is 26.3 Å². The van der Waals surface area contributed by atoms with Crippen LogP contribution in [0.2, 0.25) is 0 Å². The Morgan fingerprint density at radius 3 is 3.00 bits per heavy atom. The summed E-state index contributed by atoms with van der Waals surface area (Å²) in [5.74, 6) is 1.03. The summed E-state index contributed by atoms with van der Waals surface area (Å²) >= 11 is 0. The number of phenolic OH excluding ortho intramolecular Hbond substituents is 1. The number of hydrogen-bond acceptors (Lipinski definition) is 4. The Balaban J connectivity index is 1.92. The molecule has 1 aromatic carbocycles. The van der Waals surface area contributed by atoms with Gasteiger partial charge in [-0.25, -0.2) is 0 Å². The lowest BCUT2D eigenvalue weighted by Crippen LogP contribution is -2.33. The smallest absolute Gasteiger partial charge is 0.127 e. The maximum Gasteiger partial charge on any atom is 0.127 e. The lowest BCUT2D eigenvalue weighted by Gasteiger charge is -2.26. The summed E-state index contributed by atoms with van der Waals surface area (Å²) in [6.07, 6.45) is 1.02. The number of phenols is 1. The Morgan fingerprint density at radius 1 is 1.47 bits per heavy atom. The van der Waals surface area contributed by atoms with Crippen LogP contribution in [0, 0.1) is 5.41 Å². The molecule has 0 bridgehead atoms. The number of fused-ring (bicyclic) bond motifs is 1. The molecule has 0 aliphatic carbocycles. The molecule has 1 unspecified atom stereocenters. The predicted octanol–water partition coefficient (Wildman–Crippen LogP) is 2.48. The van der Waals surface area contributed by atoms with E-state index in [0.29, 0.717) is 6.61 Å². The van der Waals surface area contributed by atoms with Crippen molar-refractivity contribution in [3.63, 3.8) is 0 Å². The number of benzene rings is 1. The third-order valence-electron chi connectivity index (χ3n) is 3.59. The molecule has 2 N–H and O–H groups in total. The van der Waals surface area contributed by atoms with Crippen LogP contribution < -0.4 is 10.1 Å². The van der Waals surface area contributed by atoms with E-state index in [1.54, 1.807) is 19.2 Å². The van der Waals surface area contributed by atoms with E-state index in [4.69, 9.17) is 9.47 Å². The summed E-state index contributed by atoms with van der Waals surface area (Å²) < 4.78 is 10.7. The summed E-state index contributed by atoms with van der Waals surface area (Å²) in [6, 6.07) is 5.51. The Morgan fingerprint density at radius 2 is 2.26 bits per heavy atom. The Kier molecular flexibility index (Phi) is 4.32. The van der Waals surface area contributed by atoms with Crippen LogP contribution in [0.3, 0.4) is 0 Å². The first kappa shape index (κ1) is 14.2. The molecule has 0 fully saturated rings. The summed E-state index contributed by atoms with van der Waals surface area (Å²) in [6.45, 7) is 6.77. The minimum absolute atomic E-state index is 0.190. The van der Waals surface area contributed by atoms with Crippen molar-refractivity contribution in [3.05, 3.63) is 23.8 Å². The molecule has 1 heterocycles. The van der Waals surface area contributed by atoms with E-state index in [1.165, 1.54) is 0 Å². The van der Waals surface area contributed by atoms with E-state index in [0.717, 1.165) is 30.9 Å². The fraction of sp³-hybridized carbons (Fsp3) is 0.600. The molecule has 0 radical (unpaired) electrons. The minimum Gasteiger partial charge on any atom is -0.508 e. The largest absolute Gasteiger partial charge is 0.508 e. The highest BCUT2D eigenvalue weighted by atomic mass is 16.5. The second-order valence-electron chi connectivity index (χ2n) is 5.87. The topological polar surface area (TPSA) is 50.7 Å². The first-order valence-corrected chi connectivity index (χ1v) is 6.70. The van der Waals surface area contributed by atoms with E-state index in [1.807, 2.05) is 6.07 Å². The van der Waals surface area contributed by atoms with Gasteiger partial charge in [0.15, 0.2) is 0 Å². The second-order valence-corrected chi connectivity index (χ2v) is 5.87. The minimum atomic E-state index is 0.190. The molecule has 1 aliphatic heterocycles. The molecule has 0 amide bonds. The molecule has 0 saturated carbocycles. The van der Waals surface area contributed by atoms with Crippen molar-refractivity contribution in [1.82, 2.24) is 5.32 Å². The SMILES string of the molecule is COCCC(C)(C)CNC1COc2cc(O)ccc21. The van der Waals surface area contributed by atoms with Gasteiger partial charge in [0.25, 0.3) is 0 Å². The van der Waals surface area contributed by atoms with Crippen LogP contribution in [-0.4, -0.2) is 32.0 Å². The Bertz CT molecular complexity index is 431. The number of hydrogen-bond donors (Lipinski definition) is 2. The summed E-state index contributed by atoms with van der Waals surface area (Å²) in [5.41, 5.74) is 1.32. The number of methoxy groups -OCH3 is 1. The van der Waals surface area contributed by atoms with Crippen molar-refractivity contribution >= 4 is 0 Å². The monoisotopic (exact) mass is 265 g/mol. The lowest BCUT2D eigenvalue weighted by molar-refractivity contribution is 0.148. The van der Waals surface area contributed by atoms with Crippen molar-refractivity contribution in [3.8, 4) is 11.5 Å². The molecule has 19 heavy (non-hydrogen) atoms. The maximum atomic E-state index is 9.42. The maximum absolute atomic E-state index is 9.42. The first-order chi connectivity index (χ1) is 9.02. The van der Waals surface area contributed by atoms with Gasteiger partial charge in [-0.1, -0.05) is 13.8 Å². The molecular weight excluding hydrogens is 242 g/mol. The van der Waals surface area contributed by atoms with Crippen molar-refractivity contribution in [2.75, 3.05) is 26.9 Å². The molecule has 0 aromatic heterocycles. The molecule has 0 spiro atoms. The Hall–Kier alpha value is -1.26. The standard InChI is InChI=1S/C15H23NO3/c1-15(2,6-7-18-3)10-16-13-9-19-14-8-11(17)4-5-12(13)14/h4-5,8,13,16-17H,6-7,9-10H2,1-3H3. The van der Waals surface area contributed by atoms with Gasteiger partial charge in [-0.05, 0) is 24.0 Å². The van der Waals surface area contributed by atoms with Crippen LogP contribution in [0.15, 0.2) is 18.2 Å². The predicted molar refractivity (Wildman–Crippen MR) is 74.6 cm³/mol. The molecule has 0 saturated heterocycles. The van der Waals surface area contributed by atoms with Gasteiger partial charge in [0, 0.05) is 31.9 Å². The normalized spacial score (nSPS) is 18.2. The van der Waals surface area contributed by atoms with Gasteiger partial charge in [-0.2, -0.15) is 0 Å². The highest BCUT2D eigenvalue weighted by Gasteiger charge is 2.26. The van der Waals surface area contributed by atoms with Gasteiger partial charge in [0.1, 0.15) is 18.1 Å². The number of rotatable bonds is 6. The molecule has 1 atom stereocenters. The zero-order valence-corrected chi connectivity index (χ0v) is 11.9. The van der Waals surface area contributed by atoms with E-state index < -0.39 is 0 Å². The van der Waals surface area contributed by atoms with Gasteiger partial charge in [0.05, 0.1) is 6.04 Å². The lowest BCUT2D eigenvalue weighted by atomic mass is 9.89. The second kappa shape index (κ2) is 5.80. The zero-order valence-electron chi connectivity index (χ0n) is 11.9. The average Bonchev–Trinajstić information content (AvgIpc) is 2.76. The van der Waals surface area contributed by atoms with Crippen LogP contribution in [-0.2, 0) is 4.74 Å². The van der Waals surface area contributed by atoms with E-state index >= 15 is 0 Å². The van der Waals surface area contributed by atoms with E-state index in [2.05, 4.69) is 19.2 Å². The van der Waals surface area contributed by atoms with Crippen molar-refractivity contribution < 1.29 is 14.6 Å². The molecule has 106 valence electrons. The zero-order chi connectivity index (χ0) is 13.9. The van der Waals surface area contributed by atoms with Crippen LogP contribution in [0.25, 0.3) is 0 Å². The Labute approximate surface area is 114 Å². The molecule has 4 nitrogen and oxygen atoms in total. The summed E-state index contributed by atoms with van der Waals surface area (Å²) in [5, 5.41) is 13.0.